The zero-order valence-corrected chi connectivity index (χ0v) is 37.6. The topological polar surface area (TPSA) is 0 Å². The Morgan fingerprint density at radius 1 is 0.367 bits per heavy atom. The molecule has 12 rings (SSSR count). The van der Waals surface area contributed by atoms with E-state index in [1.54, 1.807) is 0 Å². The highest BCUT2D eigenvalue weighted by molar-refractivity contribution is 5.61. The van der Waals surface area contributed by atoms with Gasteiger partial charge in [0.25, 0.3) is 0 Å². The third-order valence-corrected chi connectivity index (χ3v) is 18.0. The lowest BCUT2D eigenvalue weighted by Gasteiger charge is -2.78. The van der Waals surface area contributed by atoms with Gasteiger partial charge in [0.05, 0.1) is 0 Å². The lowest BCUT2D eigenvalue weighted by Crippen LogP contribution is -2.72. The van der Waals surface area contributed by atoms with E-state index in [9.17, 15) is 0 Å². The largest absolute Gasteiger partial charge is 0.115 e. The van der Waals surface area contributed by atoms with Crippen molar-refractivity contribution in [1.29, 1.82) is 0 Å². The fourth-order valence-electron chi connectivity index (χ4n) is 17.6. The molecule has 0 heterocycles. The molecular formula is C60H62. The summed E-state index contributed by atoms with van der Waals surface area (Å²) in [5, 5.41) is 0. The maximum absolute atomic E-state index is 6.67. The molecule has 2 atom stereocenters. The molecule has 8 aliphatic rings. The Hall–Kier alpha value is -4.88. The Labute approximate surface area is 362 Å². The van der Waals surface area contributed by atoms with Crippen LogP contribution in [-0.4, -0.2) is 0 Å². The Morgan fingerprint density at radius 3 is 0.950 bits per heavy atom. The van der Waals surface area contributed by atoms with Gasteiger partial charge in [-0.15, -0.1) is 25.7 Å². The zero-order chi connectivity index (χ0) is 42.4. The van der Waals surface area contributed by atoms with Crippen molar-refractivity contribution < 1.29 is 0 Å². The summed E-state index contributed by atoms with van der Waals surface area (Å²) in [6, 6.07) is 19.2. The number of terminal acetylenes is 4. The molecule has 0 nitrogen and oxygen atoms in total. The van der Waals surface area contributed by atoms with Gasteiger partial charge in [-0.2, -0.15) is 0 Å². The Kier molecular flexibility index (Phi) is 8.39. The SMILES string of the molecule is C#Cc1c(C)cc(C)cc1C12CC3CC(C1)CC(C14CC5(c6cc(C)cc(C)c6C#C)CC(c6cc(C)cc(C)c6C#C)(CC(c6cc(C)cc(C)c6C#C)(C5)C1)C4)(C3)C2. The van der Waals surface area contributed by atoms with E-state index in [-0.39, 0.29) is 32.5 Å². The molecule has 8 saturated carbocycles. The first-order valence-electron chi connectivity index (χ1n) is 22.8. The van der Waals surface area contributed by atoms with Gasteiger partial charge < -0.3 is 0 Å². The summed E-state index contributed by atoms with van der Waals surface area (Å²) in [5.41, 5.74) is 20.1. The summed E-state index contributed by atoms with van der Waals surface area (Å²) in [5.74, 6) is 14.6. The van der Waals surface area contributed by atoms with E-state index in [1.807, 2.05) is 0 Å². The lowest BCUT2D eigenvalue weighted by molar-refractivity contribution is -0.225. The highest BCUT2D eigenvalue weighted by Gasteiger charge is 2.76. The molecule has 0 amide bonds. The summed E-state index contributed by atoms with van der Waals surface area (Å²) >= 11 is 0. The van der Waals surface area contributed by atoms with Crippen molar-refractivity contribution in [3.8, 4) is 49.4 Å². The van der Waals surface area contributed by atoms with Crippen molar-refractivity contribution >= 4 is 0 Å². The Morgan fingerprint density at radius 2 is 0.650 bits per heavy atom. The first-order chi connectivity index (χ1) is 28.5. The zero-order valence-electron chi connectivity index (χ0n) is 37.6. The highest BCUT2D eigenvalue weighted by Crippen LogP contribution is 2.83. The van der Waals surface area contributed by atoms with Crippen LogP contribution in [0.2, 0.25) is 0 Å². The van der Waals surface area contributed by atoms with Crippen LogP contribution in [0.15, 0.2) is 48.5 Å². The summed E-state index contributed by atoms with van der Waals surface area (Å²) in [6.45, 7) is 18.1. The van der Waals surface area contributed by atoms with E-state index in [4.69, 9.17) is 25.7 Å². The molecule has 2 unspecified atom stereocenters. The average molecular weight is 783 g/mol. The van der Waals surface area contributed by atoms with Crippen molar-refractivity contribution in [1.82, 2.24) is 0 Å². The number of hydrogen-bond donors (Lipinski definition) is 0. The van der Waals surface area contributed by atoms with Crippen LogP contribution in [0.5, 0.6) is 0 Å². The molecule has 0 aliphatic heterocycles. The maximum atomic E-state index is 6.67. The van der Waals surface area contributed by atoms with Crippen LogP contribution in [-0.2, 0) is 21.7 Å². The third-order valence-electron chi connectivity index (χ3n) is 18.0. The van der Waals surface area contributed by atoms with Gasteiger partial charge in [0.15, 0.2) is 0 Å². The molecule has 8 fully saturated rings. The van der Waals surface area contributed by atoms with E-state index in [2.05, 4.69) is 128 Å². The summed E-state index contributed by atoms with van der Waals surface area (Å²) in [4.78, 5) is 0. The lowest BCUT2D eigenvalue weighted by atomic mass is 9.25. The van der Waals surface area contributed by atoms with Gasteiger partial charge in [-0.1, -0.05) is 94.5 Å². The standard InChI is InChI=1S/C60H62/c1-13-47-41(9)17-37(5)21-51(47)55-26-45-25-46(27-55)29-59(28-45,33-55)60-34-56(52-22-38(6)18-42(10)48(52)14-2)30-57(35-60,53-23-39(7)19-43(11)49(53)15-3)32-58(31-56,36-60)54-24-40(8)20-44(12)50(54)16-4/h1-4,17-24,45-46H,25-36H2,5-12H3. The van der Waals surface area contributed by atoms with Crippen LogP contribution in [0.3, 0.4) is 0 Å². The fraction of sp³-hybridized carbons (Fsp3) is 0.467. The molecular weight excluding hydrogens is 721 g/mol. The van der Waals surface area contributed by atoms with E-state index >= 15 is 0 Å². The quantitative estimate of drug-likeness (QED) is 0.177. The maximum Gasteiger partial charge on any atom is 0.0309 e. The second kappa shape index (κ2) is 12.8. The molecule has 0 spiro atoms. The van der Waals surface area contributed by atoms with E-state index < -0.39 is 0 Å². The molecule has 8 aliphatic carbocycles. The molecule has 302 valence electrons. The van der Waals surface area contributed by atoms with Gasteiger partial charge >= 0.3 is 0 Å². The molecule has 0 N–H and O–H groups in total. The Balaban J connectivity index is 1.32. The molecule has 0 radical (unpaired) electrons. The minimum absolute atomic E-state index is 0.0243. The minimum Gasteiger partial charge on any atom is -0.115 e. The monoisotopic (exact) mass is 782 g/mol. The van der Waals surface area contributed by atoms with Crippen LogP contribution in [0, 0.1) is 127 Å². The van der Waals surface area contributed by atoms with Gasteiger partial charge in [0, 0.05) is 22.3 Å². The van der Waals surface area contributed by atoms with Crippen molar-refractivity contribution in [2.24, 2.45) is 22.7 Å². The van der Waals surface area contributed by atoms with Crippen LogP contribution in [0.4, 0.5) is 0 Å². The summed E-state index contributed by atoms with van der Waals surface area (Å²) in [6.07, 6.45) is 40.9. The first-order valence-corrected chi connectivity index (χ1v) is 22.8. The van der Waals surface area contributed by atoms with Gasteiger partial charge in [-0.25, -0.2) is 0 Å². The van der Waals surface area contributed by atoms with Crippen LogP contribution in [0.1, 0.15) is 166 Å². The van der Waals surface area contributed by atoms with Crippen molar-refractivity contribution in [2.45, 2.75) is 154 Å². The second-order valence-corrected chi connectivity index (χ2v) is 22.3. The smallest absolute Gasteiger partial charge is 0.0309 e. The third kappa shape index (κ3) is 5.23. The van der Waals surface area contributed by atoms with Gasteiger partial charge in [0.1, 0.15) is 0 Å². The number of rotatable bonds is 5. The first kappa shape index (κ1) is 39.3. The van der Waals surface area contributed by atoms with E-state index in [1.165, 1.54) is 105 Å². The predicted octanol–water partition coefficient (Wildman–Crippen LogP) is 13.1. The normalized spacial score (nSPS) is 34.2. The number of hydrogen-bond acceptors (Lipinski definition) is 0. The molecule has 60 heavy (non-hydrogen) atoms. The summed E-state index contributed by atoms with van der Waals surface area (Å²) in [7, 11) is 0. The molecule has 0 saturated heterocycles. The van der Waals surface area contributed by atoms with E-state index in [0.29, 0.717) is 11.8 Å². The summed E-state index contributed by atoms with van der Waals surface area (Å²) < 4.78 is 0. The number of aryl methyl sites for hydroxylation is 8. The molecule has 0 heteroatoms. The van der Waals surface area contributed by atoms with Gasteiger partial charge in [0.2, 0.25) is 0 Å². The van der Waals surface area contributed by atoms with Crippen molar-refractivity contribution in [2.75, 3.05) is 0 Å². The molecule has 4 aromatic carbocycles. The average Bonchev–Trinajstić information content (AvgIpc) is 3.16. The van der Waals surface area contributed by atoms with Crippen LogP contribution < -0.4 is 0 Å². The van der Waals surface area contributed by atoms with Crippen molar-refractivity contribution in [3.63, 3.8) is 0 Å². The molecule has 0 aromatic heterocycles. The predicted molar refractivity (Wildman–Crippen MR) is 249 cm³/mol. The number of benzene rings is 4. The van der Waals surface area contributed by atoms with Gasteiger partial charge in [-0.05, 0) is 221 Å². The van der Waals surface area contributed by atoms with Crippen LogP contribution in [0.25, 0.3) is 0 Å². The van der Waals surface area contributed by atoms with Crippen molar-refractivity contribution in [3.05, 3.63) is 138 Å². The highest BCUT2D eigenvalue weighted by atomic mass is 14.8. The van der Waals surface area contributed by atoms with Crippen LogP contribution >= 0.6 is 0 Å². The second-order valence-electron chi connectivity index (χ2n) is 22.3. The molecule has 4 aromatic rings. The molecule has 8 bridgehead atoms. The fourth-order valence-corrected chi connectivity index (χ4v) is 17.6. The minimum atomic E-state index is -0.166. The van der Waals surface area contributed by atoms with E-state index in [0.717, 1.165) is 60.8 Å². The Bertz CT molecular complexity index is 2500. The van der Waals surface area contributed by atoms with Gasteiger partial charge in [-0.3, -0.25) is 0 Å².